The Morgan fingerprint density at radius 3 is 2.62 bits per heavy atom. The number of benzene rings is 1. The van der Waals surface area contributed by atoms with Gasteiger partial charge in [0.05, 0.1) is 6.42 Å². The number of amides is 1. The van der Waals surface area contributed by atoms with Crippen LogP contribution in [-0.2, 0) is 21.2 Å². The minimum Gasteiger partial charge on any atom is -0.295 e. The van der Waals surface area contributed by atoms with Crippen molar-refractivity contribution in [2.24, 2.45) is 0 Å². The molecule has 0 radical (unpaired) electrons. The summed E-state index contributed by atoms with van der Waals surface area (Å²) in [5.74, 6) is 0.0268. The molecule has 124 valence electrons. The Bertz CT molecular complexity index is 904. The van der Waals surface area contributed by atoms with Crippen LogP contribution in [0.15, 0.2) is 52.3 Å². The molecule has 0 atom stereocenters. The number of hydrogen-bond donors (Lipinski definition) is 3. The van der Waals surface area contributed by atoms with Crippen LogP contribution in [0.1, 0.15) is 5.56 Å². The van der Waals surface area contributed by atoms with E-state index in [4.69, 9.17) is 0 Å². The van der Waals surface area contributed by atoms with Crippen molar-refractivity contribution in [3.63, 3.8) is 0 Å². The molecule has 0 bridgehead atoms. The van der Waals surface area contributed by atoms with Crippen molar-refractivity contribution >= 4 is 38.9 Å². The van der Waals surface area contributed by atoms with E-state index in [0.29, 0.717) is 5.69 Å². The lowest BCUT2D eigenvalue weighted by atomic mass is 10.1. The highest BCUT2D eigenvalue weighted by Gasteiger charge is 2.15. The highest BCUT2D eigenvalue weighted by atomic mass is 32.2. The predicted molar refractivity (Wildman–Crippen MR) is 90.3 cm³/mol. The summed E-state index contributed by atoms with van der Waals surface area (Å²) in [6.07, 6.45) is 1.43. The molecule has 3 rings (SSSR count). The highest BCUT2D eigenvalue weighted by Crippen LogP contribution is 2.20. The Morgan fingerprint density at radius 1 is 1.21 bits per heavy atom. The van der Waals surface area contributed by atoms with E-state index in [1.165, 1.54) is 12.4 Å². The third kappa shape index (κ3) is 3.97. The van der Waals surface area contributed by atoms with Gasteiger partial charge in [0, 0.05) is 5.69 Å². The first-order chi connectivity index (χ1) is 11.5. The van der Waals surface area contributed by atoms with Gasteiger partial charge in [0.1, 0.15) is 10.5 Å². The number of sulfonamides is 1. The Hall–Kier alpha value is -2.72. The van der Waals surface area contributed by atoms with Gasteiger partial charge in [-0.15, -0.1) is 11.3 Å². The van der Waals surface area contributed by atoms with Crippen LogP contribution in [0.25, 0.3) is 0 Å². The van der Waals surface area contributed by atoms with E-state index in [9.17, 15) is 13.2 Å². The maximum Gasteiger partial charge on any atom is 0.271 e. The number of carbonyl (C=O) groups excluding carboxylic acids is 1. The summed E-state index contributed by atoms with van der Waals surface area (Å²) in [5.41, 5.74) is 1.17. The first-order valence-electron chi connectivity index (χ1n) is 6.83. The van der Waals surface area contributed by atoms with Crippen LogP contribution in [0.4, 0.5) is 11.6 Å². The van der Waals surface area contributed by atoms with E-state index >= 15 is 0 Å². The molecule has 0 aliphatic carbocycles. The SMILES string of the molecule is O=C(Cc1ccc(NS(=O)(=O)c2cccs2)cc1)Nc1ncn[nH]1. The molecule has 1 amide bonds. The second-order valence-corrected chi connectivity index (χ2v) is 7.65. The van der Waals surface area contributed by atoms with Crippen molar-refractivity contribution in [2.45, 2.75) is 10.6 Å². The monoisotopic (exact) mass is 363 g/mol. The molecule has 0 spiro atoms. The average Bonchev–Trinajstić information content (AvgIpc) is 3.22. The first kappa shape index (κ1) is 16.1. The number of anilines is 2. The van der Waals surface area contributed by atoms with Crippen LogP contribution < -0.4 is 10.0 Å². The summed E-state index contributed by atoms with van der Waals surface area (Å²) < 4.78 is 27.0. The number of H-pyrrole nitrogens is 1. The molecule has 0 saturated carbocycles. The molecule has 3 aromatic rings. The minimum atomic E-state index is -3.57. The molecule has 1 aromatic carbocycles. The Labute approximate surface area is 142 Å². The molecule has 10 heteroatoms. The number of rotatable bonds is 6. The lowest BCUT2D eigenvalue weighted by Crippen LogP contribution is -2.15. The molecule has 2 aromatic heterocycles. The van der Waals surface area contributed by atoms with Crippen molar-refractivity contribution in [1.29, 1.82) is 0 Å². The topological polar surface area (TPSA) is 117 Å². The molecular formula is C14H13N5O3S2. The summed E-state index contributed by atoms with van der Waals surface area (Å²) >= 11 is 1.14. The third-order valence-corrected chi connectivity index (χ3v) is 5.78. The number of thiophene rings is 1. The molecule has 0 fully saturated rings. The summed E-state index contributed by atoms with van der Waals surface area (Å²) in [6.45, 7) is 0. The van der Waals surface area contributed by atoms with Gasteiger partial charge in [0.2, 0.25) is 11.9 Å². The van der Waals surface area contributed by atoms with Gasteiger partial charge in [0.15, 0.2) is 0 Å². The minimum absolute atomic E-state index is 0.138. The largest absolute Gasteiger partial charge is 0.295 e. The van der Waals surface area contributed by atoms with E-state index in [2.05, 4.69) is 25.2 Å². The number of hydrogen-bond acceptors (Lipinski definition) is 6. The lowest BCUT2D eigenvalue weighted by Gasteiger charge is -2.07. The molecule has 3 N–H and O–H groups in total. The summed E-state index contributed by atoms with van der Waals surface area (Å²) in [6, 6.07) is 9.81. The van der Waals surface area contributed by atoms with Gasteiger partial charge in [-0.1, -0.05) is 18.2 Å². The number of nitrogens with zero attached hydrogens (tertiary/aromatic N) is 2. The van der Waals surface area contributed by atoms with Crippen molar-refractivity contribution in [3.05, 3.63) is 53.7 Å². The zero-order valence-corrected chi connectivity index (χ0v) is 13.9. The lowest BCUT2D eigenvalue weighted by molar-refractivity contribution is -0.115. The quantitative estimate of drug-likeness (QED) is 0.618. The molecule has 0 saturated heterocycles. The maximum atomic E-state index is 12.1. The van der Waals surface area contributed by atoms with Gasteiger partial charge in [-0.05, 0) is 29.1 Å². The maximum absolute atomic E-state index is 12.1. The number of aromatic amines is 1. The summed E-state index contributed by atoms with van der Waals surface area (Å²) in [7, 11) is -3.57. The first-order valence-corrected chi connectivity index (χ1v) is 9.20. The number of carbonyl (C=O) groups is 1. The summed E-state index contributed by atoms with van der Waals surface area (Å²) in [5, 5.41) is 10.4. The van der Waals surface area contributed by atoms with Crippen molar-refractivity contribution in [2.75, 3.05) is 10.0 Å². The van der Waals surface area contributed by atoms with Crippen LogP contribution in [0.5, 0.6) is 0 Å². The fourth-order valence-electron chi connectivity index (χ4n) is 1.94. The highest BCUT2D eigenvalue weighted by molar-refractivity contribution is 7.94. The fourth-order valence-corrected chi connectivity index (χ4v) is 3.99. The standard InChI is InChI=1S/C14H13N5O3S2/c20-12(17-14-15-9-16-18-14)8-10-3-5-11(6-4-10)19-24(21,22)13-2-1-7-23-13/h1-7,9,19H,8H2,(H2,15,16,17,18,20). The van der Waals surface area contributed by atoms with Crippen LogP contribution in [0.3, 0.4) is 0 Å². The van der Waals surface area contributed by atoms with Gasteiger partial charge in [-0.25, -0.2) is 13.5 Å². The second kappa shape index (κ2) is 6.81. The van der Waals surface area contributed by atoms with Crippen LogP contribution in [0, 0.1) is 0 Å². The predicted octanol–water partition coefficient (Wildman–Crippen LogP) is 1.85. The third-order valence-electron chi connectivity index (χ3n) is 3.00. The molecule has 0 aliphatic rings. The van der Waals surface area contributed by atoms with E-state index in [-0.39, 0.29) is 22.5 Å². The average molecular weight is 363 g/mol. The molecule has 8 nitrogen and oxygen atoms in total. The molecular weight excluding hydrogens is 350 g/mol. The van der Waals surface area contributed by atoms with Crippen molar-refractivity contribution in [1.82, 2.24) is 15.2 Å². The van der Waals surface area contributed by atoms with Crippen molar-refractivity contribution in [3.8, 4) is 0 Å². The molecule has 0 unspecified atom stereocenters. The van der Waals surface area contributed by atoms with Gasteiger partial charge >= 0.3 is 0 Å². The normalized spacial score (nSPS) is 11.2. The fraction of sp³-hybridized carbons (Fsp3) is 0.0714. The van der Waals surface area contributed by atoms with E-state index in [1.807, 2.05) is 0 Å². The van der Waals surface area contributed by atoms with Gasteiger partial charge in [0.25, 0.3) is 10.0 Å². The molecule has 24 heavy (non-hydrogen) atoms. The smallest absolute Gasteiger partial charge is 0.271 e. The van der Waals surface area contributed by atoms with Crippen molar-refractivity contribution < 1.29 is 13.2 Å². The summed E-state index contributed by atoms with van der Waals surface area (Å²) in [4.78, 5) is 15.6. The Kier molecular flexibility index (Phi) is 4.58. The molecule has 0 aliphatic heterocycles. The van der Waals surface area contributed by atoms with Gasteiger partial charge in [-0.3, -0.25) is 14.8 Å². The van der Waals surface area contributed by atoms with Crippen LogP contribution in [-0.4, -0.2) is 29.5 Å². The Morgan fingerprint density at radius 2 is 2.00 bits per heavy atom. The zero-order valence-electron chi connectivity index (χ0n) is 12.3. The van der Waals surface area contributed by atoms with Crippen LogP contribution in [0.2, 0.25) is 0 Å². The number of nitrogens with one attached hydrogen (secondary N) is 3. The van der Waals surface area contributed by atoms with Gasteiger partial charge in [-0.2, -0.15) is 10.1 Å². The Balaban J connectivity index is 1.62. The van der Waals surface area contributed by atoms with Crippen LogP contribution >= 0.6 is 11.3 Å². The van der Waals surface area contributed by atoms with E-state index in [1.54, 1.807) is 35.7 Å². The van der Waals surface area contributed by atoms with E-state index in [0.717, 1.165) is 16.9 Å². The van der Waals surface area contributed by atoms with Gasteiger partial charge < -0.3 is 0 Å². The number of aromatic nitrogens is 3. The molecule has 2 heterocycles. The second-order valence-electron chi connectivity index (χ2n) is 4.79. The zero-order chi connectivity index (χ0) is 17.0. The van der Waals surface area contributed by atoms with E-state index < -0.39 is 10.0 Å².